The van der Waals surface area contributed by atoms with Gasteiger partial charge in [-0.1, -0.05) is 91.1 Å². The predicted octanol–water partition coefficient (Wildman–Crippen LogP) is 6.92. The van der Waals surface area contributed by atoms with Crippen molar-refractivity contribution >= 4 is 40.8 Å². The summed E-state index contributed by atoms with van der Waals surface area (Å²) in [6.07, 6.45) is 3.04. The van der Waals surface area contributed by atoms with Crippen molar-refractivity contribution in [2.24, 2.45) is 0 Å². The topological polar surface area (TPSA) is 41.9 Å². The maximum absolute atomic E-state index is 4.84. The third-order valence-corrected chi connectivity index (χ3v) is 6.26. The van der Waals surface area contributed by atoms with Gasteiger partial charge in [0.05, 0.1) is 0 Å². The van der Waals surface area contributed by atoms with E-state index in [4.69, 9.17) is 9.97 Å². The second kappa shape index (κ2) is 10.5. The minimum Gasteiger partial charge on any atom is -0.279 e. The van der Waals surface area contributed by atoms with Crippen LogP contribution in [0.3, 0.4) is 0 Å². The maximum Gasteiger partial charge on any atom is 0.239 e. The van der Waals surface area contributed by atoms with Crippen LogP contribution < -0.4 is 4.90 Å². The normalized spacial score (nSPS) is 10.8. The molecule has 0 spiro atoms. The molecule has 0 fully saturated rings. The van der Waals surface area contributed by atoms with Crippen LogP contribution in [0, 0.1) is 0 Å². The first-order chi connectivity index (χ1) is 15.3. The molecule has 0 aliphatic heterocycles. The van der Waals surface area contributed by atoms with Gasteiger partial charge in [0.25, 0.3) is 0 Å². The van der Waals surface area contributed by atoms with Crippen molar-refractivity contribution in [3.8, 4) is 0 Å². The number of hydrogen-bond acceptors (Lipinski definition) is 6. The molecule has 0 bridgehead atoms. The Morgan fingerprint density at radius 2 is 1.23 bits per heavy atom. The molecular weight excluding hydrogens is 420 g/mol. The Hall–Kier alpha value is -2.83. The molecule has 3 aromatic carbocycles. The molecule has 0 atom stereocenters. The van der Waals surface area contributed by atoms with Crippen LogP contribution >= 0.6 is 23.5 Å². The molecule has 1 heterocycles. The third kappa shape index (κ3) is 5.46. The molecule has 4 nitrogen and oxygen atoms in total. The first-order valence-electron chi connectivity index (χ1n) is 10.2. The summed E-state index contributed by atoms with van der Waals surface area (Å²) >= 11 is 3.17. The molecule has 0 aliphatic carbocycles. The number of para-hydroxylation sites is 2. The number of nitrogens with zero attached hydrogens (tertiary/aromatic N) is 4. The lowest BCUT2D eigenvalue weighted by molar-refractivity contribution is 0.797. The van der Waals surface area contributed by atoms with E-state index in [0.29, 0.717) is 11.1 Å². The van der Waals surface area contributed by atoms with Crippen molar-refractivity contribution in [3.63, 3.8) is 0 Å². The Morgan fingerprint density at radius 1 is 0.677 bits per heavy atom. The fourth-order valence-corrected chi connectivity index (χ4v) is 4.33. The Balaban J connectivity index is 1.67. The fraction of sp³-hybridized carbons (Fsp3) is 0.160. The summed E-state index contributed by atoms with van der Waals surface area (Å²) in [5.41, 5.74) is 4.64. The maximum atomic E-state index is 4.84. The molecule has 0 saturated carbocycles. The lowest BCUT2D eigenvalue weighted by atomic mass is 10.1. The molecule has 0 saturated heterocycles. The zero-order valence-electron chi connectivity index (χ0n) is 17.6. The van der Waals surface area contributed by atoms with E-state index in [2.05, 4.69) is 65.3 Å². The van der Waals surface area contributed by atoms with Gasteiger partial charge >= 0.3 is 0 Å². The molecule has 1 aromatic heterocycles. The third-order valence-electron chi connectivity index (χ3n) is 4.79. The monoisotopic (exact) mass is 444 g/mol. The molecule has 0 radical (unpaired) electrons. The number of aryl methyl sites for hydroxylation is 1. The van der Waals surface area contributed by atoms with E-state index in [1.54, 1.807) is 11.8 Å². The Bertz CT molecular complexity index is 1060. The molecule has 0 amide bonds. The van der Waals surface area contributed by atoms with Crippen molar-refractivity contribution in [2.45, 2.75) is 29.4 Å². The molecule has 4 aromatic rings. The molecule has 156 valence electrons. The van der Waals surface area contributed by atoms with Crippen LogP contribution in [0.25, 0.3) is 0 Å². The Kier molecular flexibility index (Phi) is 7.22. The van der Waals surface area contributed by atoms with Crippen LogP contribution in [-0.2, 0) is 12.2 Å². The van der Waals surface area contributed by atoms with E-state index in [0.717, 1.165) is 28.7 Å². The van der Waals surface area contributed by atoms with Crippen molar-refractivity contribution in [3.05, 3.63) is 96.1 Å². The molecular formula is C25H24N4S2. The van der Waals surface area contributed by atoms with Gasteiger partial charge in [0.15, 0.2) is 10.3 Å². The summed E-state index contributed by atoms with van der Waals surface area (Å²) in [7, 11) is 0. The summed E-state index contributed by atoms with van der Waals surface area (Å²) in [6, 6.07) is 29.1. The van der Waals surface area contributed by atoms with Crippen LogP contribution in [0.1, 0.15) is 18.1 Å². The minimum absolute atomic E-state index is 0.626. The zero-order valence-corrected chi connectivity index (χ0v) is 19.2. The molecule has 0 unspecified atom stereocenters. The Morgan fingerprint density at radius 3 is 1.77 bits per heavy atom. The highest BCUT2D eigenvalue weighted by molar-refractivity contribution is 7.99. The van der Waals surface area contributed by atoms with Gasteiger partial charge in [0.1, 0.15) is 0 Å². The largest absolute Gasteiger partial charge is 0.279 e. The van der Waals surface area contributed by atoms with E-state index in [-0.39, 0.29) is 0 Å². The van der Waals surface area contributed by atoms with Crippen LogP contribution in [0.5, 0.6) is 0 Å². The Labute approximate surface area is 192 Å². The van der Waals surface area contributed by atoms with Crippen LogP contribution in [0.15, 0.2) is 95.2 Å². The van der Waals surface area contributed by atoms with E-state index in [9.17, 15) is 0 Å². The highest BCUT2D eigenvalue weighted by atomic mass is 32.2. The highest BCUT2D eigenvalue weighted by Gasteiger charge is 2.17. The predicted molar refractivity (Wildman–Crippen MR) is 132 cm³/mol. The fourth-order valence-electron chi connectivity index (χ4n) is 3.14. The lowest BCUT2D eigenvalue weighted by Gasteiger charge is -2.23. The average Bonchev–Trinajstić information content (AvgIpc) is 2.84. The van der Waals surface area contributed by atoms with Crippen molar-refractivity contribution in [1.29, 1.82) is 0 Å². The molecule has 31 heavy (non-hydrogen) atoms. The summed E-state index contributed by atoms with van der Waals surface area (Å²) in [5, 5.41) is 1.44. The summed E-state index contributed by atoms with van der Waals surface area (Å²) < 4.78 is 0. The molecule has 6 heteroatoms. The minimum atomic E-state index is 0.626. The second-order valence-corrected chi connectivity index (χ2v) is 8.59. The summed E-state index contributed by atoms with van der Waals surface area (Å²) in [5.74, 6) is 1.44. The number of hydrogen-bond donors (Lipinski definition) is 0. The van der Waals surface area contributed by atoms with Crippen molar-refractivity contribution in [2.75, 3.05) is 11.2 Å². The SMILES string of the molecule is CCc1ccc(CSc2nc(SC)nc(N(c3ccccc3)c3ccccc3)n2)cc1. The quantitative estimate of drug-likeness (QED) is 0.275. The number of anilines is 3. The van der Waals surface area contributed by atoms with Gasteiger partial charge in [-0.25, -0.2) is 0 Å². The van der Waals surface area contributed by atoms with Gasteiger partial charge in [-0.2, -0.15) is 15.0 Å². The summed E-state index contributed by atoms with van der Waals surface area (Å²) in [6.45, 7) is 2.17. The van der Waals surface area contributed by atoms with E-state index >= 15 is 0 Å². The average molecular weight is 445 g/mol. The van der Waals surface area contributed by atoms with Gasteiger partial charge < -0.3 is 0 Å². The molecule has 4 rings (SSSR count). The lowest BCUT2D eigenvalue weighted by Crippen LogP contribution is -2.14. The van der Waals surface area contributed by atoms with Crippen molar-refractivity contribution < 1.29 is 0 Å². The van der Waals surface area contributed by atoms with E-state index in [1.165, 1.54) is 22.9 Å². The van der Waals surface area contributed by atoms with Crippen LogP contribution in [-0.4, -0.2) is 21.2 Å². The smallest absolute Gasteiger partial charge is 0.239 e. The highest BCUT2D eigenvalue weighted by Crippen LogP contribution is 2.33. The van der Waals surface area contributed by atoms with Crippen LogP contribution in [0.4, 0.5) is 17.3 Å². The number of thioether (sulfide) groups is 2. The van der Waals surface area contributed by atoms with E-state index < -0.39 is 0 Å². The number of aromatic nitrogens is 3. The number of rotatable bonds is 8. The standard InChI is InChI=1S/C25H24N4S2/c1-3-19-14-16-20(17-15-19)18-31-25-27-23(26-24(28-25)30-2)29(21-10-6-4-7-11-21)22-12-8-5-9-13-22/h4-17H,3,18H2,1-2H3. The van der Waals surface area contributed by atoms with Crippen molar-refractivity contribution in [1.82, 2.24) is 15.0 Å². The van der Waals surface area contributed by atoms with Gasteiger partial charge in [0.2, 0.25) is 5.95 Å². The van der Waals surface area contributed by atoms with Crippen LogP contribution in [0.2, 0.25) is 0 Å². The first kappa shape index (κ1) is 21.4. The molecule has 0 N–H and O–H groups in total. The zero-order chi connectivity index (χ0) is 21.5. The number of benzene rings is 3. The second-order valence-electron chi connectivity index (χ2n) is 6.87. The van der Waals surface area contributed by atoms with Gasteiger partial charge in [-0.15, -0.1) is 0 Å². The summed E-state index contributed by atoms with van der Waals surface area (Å²) in [4.78, 5) is 16.3. The van der Waals surface area contributed by atoms with Gasteiger partial charge in [-0.3, -0.25) is 4.90 Å². The first-order valence-corrected chi connectivity index (χ1v) is 12.4. The van der Waals surface area contributed by atoms with Gasteiger partial charge in [0, 0.05) is 17.1 Å². The van der Waals surface area contributed by atoms with Gasteiger partial charge in [-0.05, 0) is 48.1 Å². The van der Waals surface area contributed by atoms with E-state index in [1.807, 2.05) is 42.7 Å². The molecule has 0 aliphatic rings.